The summed E-state index contributed by atoms with van der Waals surface area (Å²) < 4.78 is 0. The Labute approximate surface area is 97.7 Å². The molecule has 0 bridgehead atoms. The van der Waals surface area contributed by atoms with E-state index in [0.29, 0.717) is 11.3 Å². The number of aryl methyl sites for hydroxylation is 1. The molecule has 0 saturated heterocycles. The quantitative estimate of drug-likeness (QED) is 0.810. The Morgan fingerprint density at radius 2 is 2.29 bits per heavy atom. The van der Waals surface area contributed by atoms with Crippen molar-refractivity contribution in [1.82, 2.24) is 15.0 Å². The topological polar surface area (TPSA) is 94.0 Å². The first-order valence-electron chi connectivity index (χ1n) is 5.05. The van der Waals surface area contributed by atoms with Crippen molar-refractivity contribution in [3.05, 3.63) is 41.7 Å². The van der Waals surface area contributed by atoms with Crippen molar-refractivity contribution in [2.45, 2.75) is 13.0 Å². The standard InChI is InChI=1S/C11H12N4O2/c1-7-6-13-15(14-7)9-4-2-3-8(5-9)10(12)11(16)17/h2-6,10H,12H2,1H3,(H,16,17). The van der Waals surface area contributed by atoms with Crippen molar-refractivity contribution >= 4 is 5.97 Å². The largest absolute Gasteiger partial charge is 0.480 e. The van der Waals surface area contributed by atoms with Gasteiger partial charge < -0.3 is 10.8 Å². The summed E-state index contributed by atoms with van der Waals surface area (Å²) in [6, 6.07) is 5.81. The highest BCUT2D eigenvalue weighted by Crippen LogP contribution is 2.14. The van der Waals surface area contributed by atoms with Crippen LogP contribution in [0, 0.1) is 6.92 Å². The molecule has 3 N–H and O–H groups in total. The van der Waals surface area contributed by atoms with Crippen molar-refractivity contribution in [1.29, 1.82) is 0 Å². The van der Waals surface area contributed by atoms with Crippen molar-refractivity contribution in [3.63, 3.8) is 0 Å². The summed E-state index contributed by atoms with van der Waals surface area (Å²) in [6.45, 7) is 1.83. The Morgan fingerprint density at radius 3 is 2.88 bits per heavy atom. The molecule has 0 aliphatic carbocycles. The Bertz CT molecular complexity index is 550. The second-order valence-electron chi connectivity index (χ2n) is 3.69. The maximum Gasteiger partial charge on any atom is 0.325 e. The molecular formula is C11H12N4O2. The number of carbonyl (C=O) groups is 1. The molecule has 0 fully saturated rings. The van der Waals surface area contributed by atoms with Gasteiger partial charge in [-0.3, -0.25) is 4.79 Å². The SMILES string of the molecule is Cc1cnn(-c2cccc(C(N)C(=O)O)c2)n1. The number of rotatable bonds is 3. The zero-order chi connectivity index (χ0) is 12.4. The Morgan fingerprint density at radius 1 is 1.53 bits per heavy atom. The number of carboxylic acids is 1. The van der Waals surface area contributed by atoms with E-state index in [1.54, 1.807) is 30.5 Å². The maximum atomic E-state index is 10.8. The van der Waals surface area contributed by atoms with E-state index in [0.717, 1.165) is 5.69 Å². The second-order valence-corrected chi connectivity index (χ2v) is 3.69. The summed E-state index contributed by atoms with van der Waals surface area (Å²) in [4.78, 5) is 12.2. The lowest BCUT2D eigenvalue weighted by atomic mass is 10.1. The summed E-state index contributed by atoms with van der Waals surface area (Å²) in [5.74, 6) is -1.06. The molecule has 0 saturated carbocycles. The maximum absolute atomic E-state index is 10.8. The minimum atomic E-state index is -1.06. The van der Waals surface area contributed by atoms with Gasteiger partial charge in [-0.2, -0.15) is 15.0 Å². The molecule has 6 nitrogen and oxygen atoms in total. The molecule has 1 aromatic heterocycles. The highest BCUT2D eigenvalue weighted by molar-refractivity contribution is 5.75. The summed E-state index contributed by atoms with van der Waals surface area (Å²) in [5, 5.41) is 17.0. The van der Waals surface area contributed by atoms with Crippen LogP contribution in [0.1, 0.15) is 17.3 Å². The molecule has 0 aliphatic heterocycles. The predicted octanol–water partition coefficient (Wildman–Crippen LogP) is 0.660. The van der Waals surface area contributed by atoms with Crippen molar-refractivity contribution in [3.8, 4) is 5.69 Å². The summed E-state index contributed by atoms with van der Waals surface area (Å²) in [7, 11) is 0. The van der Waals surface area contributed by atoms with Gasteiger partial charge in [-0.1, -0.05) is 12.1 Å². The molecule has 17 heavy (non-hydrogen) atoms. The first-order chi connectivity index (χ1) is 8.08. The van der Waals surface area contributed by atoms with E-state index in [1.165, 1.54) is 4.80 Å². The molecule has 0 radical (unpaired) electrons. The molecule has 2 aromatic rings. The van der Waals surface area contributed by atoms with E-state index >= 15 is 0 Å². The van der Waals surface area contributed by atoms with Crippen LogP contribution >= 0.6 is 0 Å². The van der Waals surface area contributed by atoms with Crippen LogP contribution in [0.25, 0.3) is 5.69 Å². The first kappa shape index (κ1) is 11.3. The molecule has 2 rings (SSSR count). The van der Waals surface area contributed by atoms with Gasteiger partial charge in [-0.15, -0.1) is 0 Å². The molecule has 1 aromatic carbocycles. The number of benzene rings is 1. The van der Waals surface area contributed by atoms with Gasteiger partial charge in [0, 0.05) is 0 Å². The van der Waals surface area contributed by atoms with E-state index in [4.69, 9.17) is 10.8 Å². The number of nitrogens with zero attached hydrogens (tertiary/aromatic N) is 3. The number of nitrogens with two attached hydrogens (primary N) is 1. The van der Waals surface area contributed by atoms with Gasteiger partial charge in [0.05, 0.1) is 17.6 Å². The van der Waals surface area contributed by atoms with Crippen molar-refractivity contribution < 1.29 is 9.90 Å². The molecule has 1 atom stereocenters. The van der Waals surface area contributed by atoms with Crippen LogP contribution in [0.5, 0.6) is 0 Å². The molecular weight excluding hydrogens is 220 g/mol. The molecule has 1 unspecified atom stereocenters. The molecule has 0 amide bonds. The summed E-state index contributed by atoms with van der Waals surface area (Å²) in [5.41, 5.74) is 7.54. The predicted molar refractivity (Wildman–Crippen MR) is 60.7 cm³/mol. The van der Waals surface area contributed by atoms with E-state index in [9.17, 15) is 4.79 Å². The highest BCUT2D eigenvalue weighted by atomic mass is 16.4. The third-order valence-corrected chi connectivity index (χ3v) is 2.33. The van der Waals surface area contributed by atoms with Gasteiger partial charge >= 0.3 is 5.97 Å². The van der Waals surface area contributed by atoms with Gasteiger partial charge in [0.15, 0.2) is 0 Å². The summed E-state index contributed by atoms with van der Waals surface area (Å²) in [6.07, 6.45) is 1.63. The molecule has 1 heterocycles. The fourth-order valence-electron chi connectivity index (χ4n) is 1.45. The zero-order valence-electron chi connectivity index (χ0n) is 9.24. The molecule has 6 heteroatoms. The van der Waals surface area contributed by atoms with Crippen LogP contribution in [-0.4, -0.2) is 26.1 Å². The fraction of sp³-hybridized carbons (Fsp3) is 0.182. The number of aliphatic carboxylic acids is 1. The molecule has 88 valence electrons. The van der Waals surface area contributed by atoms with E-state index in [2.05, 4.69) is 10.2 Å². The van der Waals surface area contributed by atoms with Crippen LogP contribution in [0.4, 0.5) is 0 Å². The minimum Gasteiger partial charge on any atom is -0.480 e. The second kappa shape index (κ2) is 4.34. The van der Waals surface area contributed by atoms with Gasteiger partial charge in [0.1, 0.15) is 6.04 Å². The molecule has 0 spiro atoms. The van der Waals surface area contributed by atoms with Gasteiger partial charge in [0.25, 0.3) is 0 Å². The number of carboxylic acid groups (broad SMARTS) is 1. The summed E-state index contributed by atoms with van der Waals surface area (Å²) >= 11 is 0. The fourth-order valence-corrected chi connectivity index (χ4v) is 1.45. The van der Waals surface area contributed by atoms with Crippen molar-refractivity contribution in [2.24, 2.45) is 5.73 Å². The zero-order valence-corrected chi connectivity index (χ0v) is 9.24. The van der Waals surface area contributed by atoms with E-state index in [-0.39, 0.29) is 0 Å². The normalized spacial score (nSPS) is 12.4. The van der Waals surface area contributed by atoms with Crippen LogP contribution in [0.15, 0.2) is 30.5 Å². The Kier molecular flexibility index (Phi) is 2.88. The lowest BCUT2D eigenvalue weighted by molar-refractivity contribution is -0.138. The first-order valence-corrected chi connectivity index (χ1v) is 5.05. The lowest BCUT2D eigenvalue weighted by Crippen LogP contribution is -2.20. The average Bonchev–Trinajstić information content (AvgIpc) is 2.75. The van der Waals surface area contributed by atoms with Crippen LogP contribution in [-0.2, 0) is 4.79 Å². The van der Waals surface area contributed by atoms with Crippen LogP contribution < -0.4 is 5.73 Å². The highest BCUT2D eigenvalue weighted by Gasteiger charge is 2.14. The Balaban J connectivity index is 2.38. The average molecular weight is 232 g/mol. The molecule has 0 aliphatic rings. The lowest BCUT2D eigenvalue weighted by Gasteiger charge is -2.08. The minimum absolute atomic E-state index is 0.518. The van der Waals surface area contributed by atoms with Gasteiger partial charge in [-0.05, 0) is 24.6 Å². The van der Waals surface area contributed by atoms with Gasteiger partial charge in [0.2, 0.25) is 0 Å². The number of hydrogen-bond donors (Lipinski definition) is 2. The third-order valence-electron chi connectivity index (χ3n) is 2.33. The van der Waals surface area contributed by atoms with E-state index < -0.39 is 12.0 Å². The number of aromatic nitrogens is 3. The van der Waals surface area contributed by atoms with Gasteiger partial charge in [-0.25, -0.2) is 0 Å². The van der Waals surface area contributed by atoms with E-state index in [1.807, 2.05) is 6.92 Å². The smallest absolute Gasteiger partial charge is 0.325 e. The third kappa shape index (κ3) is 2.31. The monoisotopic (exact) mass is 232 g/mol. The van der Waals surface area contributed by atoms with Crippen LogP contribution in [0.2, 0.25) is 0 Å². The van der Waals surface area contributed by atoms with Crippen LogP contribution in [0.3, 0.4) is 0 Å². The number of hydrogen-bond acceptors (Lipinski definition) is 4. The van der Waals surface area contributed by atoms with Crippen molar-refractivity contribution in [2.75, 3.05) is 0 Å². The Hall–Kier alpha value is -2.21.